The first kappa shape index (κ1) is 13.7. The highest BCUT2D eigenvalue weighted by atomic mass is 16.3. The molecule has 1 amide bonds. The number of nitrogens with one attached hydrogen (secondary N) is 1. The predicted molar refractivity (Wildman–Crippen MR) is 79.6 cm³/mol. The number of carbonyl (C=O) groups excluding carboxylic acids is 1. The van der Waals surface area contributed by atoms with Crippen LogP contribution in [0.1, 0.15) is 16.1 Å². The van der Waals surface area contributed by atoms with Crippen molar-refractivity contribution < 1.29 is 9.21 Å². The van der Waals surface area contributed by atoms with E-state index in [0.717, 1.165) is 5.56 Å². The van der Waals surface area contributed by atoms with Crippen LogP contribution in [0.25, 0.3) is 11.4 Å². The Morgan fingerprint density at radius 2 is 2.18 bits per heavy atom. The molecule has 3 heterocycles. The fourth-order valence-corrected chi connectivity index (χ4v) is 1.88. The van der Waals surface area contributed by atoms with Crippen molar-refractivity contribution in [1.82, 2.24) is 20.3 Å². The molecular weight excluding hydrogens is 282 g/mol. The number of pyridine rings is 1. The SMILES string of the molecule is Nc1nc(-c2cccnc2)ncc1C(=O)NCc1ccco1. The predicted octanol–water partition coefficient (Wildman–Crippen LogP) is 1.64. The Balaban J connectivity index is 1.76. The first-order chi connectivity index (χ1) is 10.7. The maximum atomic E-state index is 12.1. The largest absolute Gasteiger partial charge is 0.467 e. The van der Waals surface area contributed by atoms with Crippen molar-refractivity contribution in [1.29, 1.82) is 0 Å². The number of carbonyl (C=O) groups is 1. The van der Waals surface area contributed by atoms with Gasteiger partial charge in [-0.2, -0.15) is 0 Å². The molecule has 0 spiro atoms. The van der Waals surface area contributed by atoms with Crippen LogP contribution in [0.2, 0.25) is 0 Å². The Bertz CT molecular complexity index is 772. The maximum Gasteiger partial charge on any atom is 0.256 e. The minimum atomic E-state index is -0.355. The summed E-state index contributed by atoms with van der Waals surface area (Å²) in [5, 5.41) is 2.70. The summed E-state index contributed by atoms with van der Waals surface area (Å²) in [5.74, 6) is 0.838. The van der Waals surface area contributed by atoms with Crippen LogP contribution in [0.15, 0.2) is 53.5 Å². The van der Waals surface area contributed by atoms with Crippen molar-refractivity contribution in [2.45, 2.75) is 6.54 Å². The van der Waals surface area contributed by atoms with E-state index in [4.69, 9.17) is 10.2 Å². The monoisotopic (exact) mass is 295 g/mol. The van der Waals surface area contributed by atoms with Crippen molar-refractivity contribution in [2.24, 2.45) is 0 Å². The summed E-state index contributed by atoms with van der Waals surface area (Å²) in [6.45, 7) is 0.273. The third kappa shape index (κ3) is 2.93. The topological polar surface area (TPSA) is 107 Å². The summed E-state index contributed by atoms with van der Waals surface area (Å²) in [5.41, 5.74) is 6.81. The van der Waals surface area contributed by atoms with Crippen LogP contribution in [0.5, 0.6) is 0 Å². The van der Waals surface area contributed by atoms with E-state index in [2.05, 4.69) is 20.3 Å². The third-order valence-electron chi connectivity index (χ3n) is 2.99. The molecule has 0 aliphatic heterocycles. The van der Waals surface area contributed by atoms with Gasteiger partial charge >= 0.3 is 0 Å². The molecule has 0 saturated heterocycles. The molecule has 3 aromatic rings. The highest BCUT2D eigenvalue weighted by Crippen LogP contribution is 2.16. The maximum absolute atomic E-state index is 12.1. The van der Waals surface area contributed by atoms with Gasteiger partial charge in [0.15, 0.2) is 5.82 Å². The normalized spacial score (nSPS) is 10.4. The van der Waals surface area contributed by atoms with E-state index in [1.54, 1.807) is 36.9 Å². The van der Waals surface area contributed by atoms with Gasteiger partial charge in [-0.1, -0.05) is 0 Å². The standard InChI is InChI=1S/C15H13N5O2/c16-13-12(15(21)19-8-11-4-2-6-22-11)9-18-14(20-13)10-3-1-5-17-7-10/h1-7,9H,8H2,(H,19,21)(H2,16,18,20). The van der Waals surface area contributed by atoms with Crippen LogP contribution in [-0.2, 0) is 6.54 Å². The lowest BCUT2D eigenvalue weighted by Crippen LogP contribution is -2.24. The molecule has 0 radical (unpaired) electrons. The fraction of sp³-hybridized carbons (Fsp3) is 0.0667. The van der Waals surface area contributed by atoms with Crippen LogP contribution in [0.4, 0.5) is 5.82 Å². The number of hydrogen-bond donors (Lipinski definition) is 2. The summed E-state index contributed by atoms with van der Waals surface area (Å²) >= 11 is 0. The van der Waals surface area contributed by atoms with Gasteiger partial charge in [0.1, 0.15) is 11.6 Å². The second-order valence-electron chi connectivity index (χ2n) is 4.50. The van der Waals surface area contributed by atoms with Gasteiger partial charge in [-0.05, 0) is 24.3 Å². The van der Waals surface area contributed by atoms with E-state index < -0.39 is 0 Å². The Morgan fingerprint density at radius 3 is 2.86 bits per heavy atom. The summed E-state index contributed by atoms with van der Waals surface area (Å²) in [4.78, 5) is 24.4. The number of nitrogens with zero attached hydrogens (tertiary/aromatic N) is 3. The molecule has 7 heteroatoms. The smallest absolute Gasteiger partial charge is 0.256 e. The van der Waals surface area contributed by atoms with Gasteiger partial charge in [-0.3, -0.25) is 9.78 Å². The van der Waals surface area contributed by atoms with E-state index in [1.807, 2.05) is 6.07 Å². The molecule has 7 nitrogen and oxygen atoms in total. The first-order valence-electron chi connectivity index (χ1n) is 6.57. The molecule has 0 aromatic carbocycles. The van der Waals surface area contributed by atoms with Gasteiger partial charge in [0.25, 0.3) is 5.91 Å². The average molecular weight is 295 g/mol. The molecule has 0 fully saturated rings. The van der Waals surface area contributed by atoms with Crippen LogP contribution in [0.3, 0.4) is 0 Å². The first-order valence-corrected chi connectivity index (χ1v) is 6.57. The summed E-state index contributed by atoms with van der Waals surface area (Å²) < 4.78 is 5.14. The zero-order chi connectivity index (χ0) is 15.4. The van der Waals surface area contributed by atoms with Crippen LogP contribution < -0.4 is 11.1 Å². The second-order valence-corrected chi connectivity index (χ2v) is 4.50. The van der Waals surface area contributed by atoms with Crippen LogP contribution in [0, 0.1) is 0 Å². The van der Waals surface area contributed by atoms with Gasteiger partial charge in [-0.15, -0.1) is 0 Å². The number of hydrogen-bond acceptors (Lipinski definition) is 6. The van der Waals surface area contributed by atoms with Crippen molar-refractivity contribution in [2.75, 3.05) is 5.73 Å². The molecule has 110 valence electrons. The van der Waals surface area contributed by atoms with E-state index in [0.29, 0.717) is 11.6 Å². The lowest BCUT2D eigenvalue weighted by molar-refractivity contribution is 0.0948. The zero-order valence-corrected chi connectivity index (χ0v) is 11.6. The molecule has 0 bridgehead atoms. The van der Waals surface area contributed by atoms with Gasteiger partial charge in [-0.25, -0.2) is 9.97 Å². The highest BCUT2D eigenvalue weighted by Gasteiger charge is 2.13. The Hall–Kier alpha value is -3.22. The van der Waals surface area contributed by atoms with Gasteiger partial charge in [0.05, 0.1) is 18.4 Å². The summed E-state index contributed by atoms with van der Waals surface area (Å²) in [6, 6.07) is 7.12. The van der Waals surface area contributed by atoms with Crippen molar-refractivity contribution >= 4 is 11.7 Å². The molecule has 22 heavy (non-hydrogen) atoms. The molecule has 0 atom stereocenters. The lowest BCUT2D eigenvalue weighted by atomic mass is 10.2. The molecule has 0 aliphatic rings. The fourth-order valence-electron chi connectivity index (χ4n) is 1.88. The Morgan fingerprint density at radius 1 is 1.27 bits per heavy atom. The van der Waals surface area contributed by atoms with E-state index in [-0.39, 0.29) is 23.8 Å². The molecule has 0 unspecified atom stereocenters. The van der Waals surface area contributed by atoms with E-state index in [9.17, 15) is 4.79 Å². The molecule has 3 rings (SSSR count). The second kappa shape index (κ2) is 6.04. The molecule has 0 aliphatic carbocycles. The zero-order valence-electron chi connectivity index (χ0n) is 11.6. The molecule has 3 N–H and O–H groups in total. The quantitative estimate of drug-likeness (QED) is 0.757. The number of nitrogens with two attached hydrogens (primary N) is 1. The number of furan rings is 1. The summed E-state index contributed by atoms with van der Waals surface area (Å²) in [7, 11) is 0. The van der Waals surface area contributed by atoms with E-state index >= 15 is 0 Å². The van der Waals surface area contributed by atoms with Gasteiger partial charge in [0.2, 0.25) is 0 Å². The molecular formula is C15H13N5O2. The number of rotatable bonds is 4. The number of nitrogen functional groups attached to an aromatic ring is 1. The molecule has 0 saturated carbocycles. The van der Waals surface area contributed by atoms with Crippen molar-refractivity contribution in [3.8, 4) is 11.4 Å². The number of aromatic nitrogens is 3. The number of anilines is 1. The van der Waals surface area contributed by atoms with Gasteiger partial charge in [0, 0.05) is 24.2 Å². The summed E-state index contributed by atoms with van der Waals surface area (Å²) in [6.07, 6.45) is 6.23. The highest BCUT2D eigenvalue weighted by molar-refractivity contribution is 5.98. The Labute approximate surface area is 126 Å². The van der Waals surface area contributed by atoms with Crippen molar-refractivity contribution in [3.63, 3.8) is 0 Å². The average Bonchev–Trinajstić information content (AvgIpc) is 3.07. The van der Waals surface area contributed by atoms with Crippen LogP contribution >= 0.6 is 0 Å². The van der Waals surface area contributed by atoms with Crippen molar-refractivity contribution in [3.05, 3.63) is 60.4 Å². The molecule has 3 aromatic heterocycles. The Kier molecular flexibility index (Phi) is 3.78. The third-order valence-corrected chi connectivity index (χ3v) is 2.99. The van der Waals surface area contributed by atoms with Crippen LogP contribution in [-0.4, -0.2) is 20.9 Å². The lowest BCUT2D eigenvalue weighted by Gasteiger charge is -2.07. The number of amides is 1. The van der Waals surface area contributed by atoms with Gasteiger partial charge < -0.3 is 15.5 Å². The minimum absolute atomic E-state index is 0.116. The van der Waals surface area contributed by atoms with E-state index in [1.165, 1.54) is 6.20 Å². The minimum Gasteiger partial charge on any atom is -0.467 e.